The topological polar surface area (TPSA) is 61.0 Å². The fourth-order valence-corrected chi connectivity index (χ4v) is 1.66. The van der Waals surface area contributed by atoms with E-state index in [0.29, 0.717) is 11.3 Å². The average Bonchev–Trinajstić information content (AvgIpc) is 2.44. The molecular formula is C13H12F3N3O. The fourth-order valence-electron chi connectivity index (χ4n) is 1.66. The first-order chi connectivity index (χ1) is 9.52. The molecule has 0 saturated heterocycles. The standard InChI is InChI=1S/C13H12F3N3O/c14-13(15,16)10-2-1-4-19-11(10)8-20-12-7-18-5-3-9(12)6-17/h1-5,7H,6,8,17H2. The van der Waals surface area contributed by atoms with Crippen LogP contribution in [-0.4, -0.2) is 9.97 Å². The van der Waals surface area contributed by atoms with Crippen LogP contribution in [0.1, 0.15) is 16.8 Å². The minimum Gasteiger partial charge on any atom is -0.485 e. The zero-order valence-electron chi connectivity index (χ0n) is 10.4. The first kappa shape index (κ1) is 14.3. The van der Waals surface area contributed by atoms with Crippen molar-refractivity contribution in [2.75, 3.05) is 0 Å². The maximum Gasteiger partial charge on any atom is 0.418 e. The Bertz CT molecular complexity index is 587. The van der Waals surface area contributed by atoms with Crippen molar-refractivity contribution in [1.82, 2.24) is 9.97 Å². The van der Waals surface area contributed by atoms with Crippen LogP contribution in [0.4, 0.5) is 13.2 Å². The first-order valence-corrected chi connectivity index (χ1v) is 5.79. The molecule has 0 saturated carbocycles. The monoisotopic (exact) mass is 283 g/mol. The van der Waals surface area contributed by atoms with Crippen LogP contribution in [-0.2, 0) is 19.3 Å². The van der Waals surface area contributed by atoms with Crippen molar-refractivity contribution in [1.29, 1.82) is 0 Å². The summed E-state index contributed by atoms with van der Waals surface area (Å²) in [6.07, 6.45) is -0.213. The van der Waals surface area contributed by atoms with Gasteiger partial charge >= 0.3 is 6.18 Å². The van der Waals surface area contributed by atoms with Gasteiger partial charge in [0.1, 0.15) is 12.4 Å². The number of nitrogens with zero attached hydrogens (tertiary/aromatic N) is 2. The molecule has 7 heteroatoms. The van der Waals surface area contributed by atoms with E-state index >= 15 is 0 Å². The smallest absolute Gasteiger partial charge is 0.418 e. The second-order valence-corrected chi connectivity index (χ2v) is 3.97. The molecule has 0 aliphatic heterocycles. The van der Waals surface area contributed by atoms with Crippen LogP contribution < -0.4 is 10.5 Å². The highest BCUT2D eigenvalue weighted by molar-refractivity contribution is 5.30. The van der Waals surface area contributed by atoms with Crippen molar-refractivity contribution < 1.29 is 17.9 Å². The van der Waals surface area contributed by atoms with Gasteiger partial charge in [-0.2, -0.15) is 13.2 Å². The summed E-state index contributed by atoms with van der Waals surface area (Å²) in [7, 11) is 0. The molecular weight excluding hydrogens is 271 g/mol. The molecule has 0 aliphatic rings. The lowest BCUT2D eigenvalue weighted by atomic mass is 10.2. The SMILES string of the molecule is NCc1ccncc1OCc1ncccc1C(F)(F)F. The van der Waals surface area contributed by atoms with Gasteiger partial charge in [0, 0.05) is 24.5 Å². The molecule has 0 spiro atoms. The van der Waals surface area contributed by atoms with Gasteiger partial charge in [0.25, 0.3) is 0 Å². The molecule has 106 valence electrons. The van der Waals surface area contributed by atoms with E-state index in [2.05, 4.69) is 9.97 Å². The summed E-state index contributed by atoms with van der Waals surface area (Å²) >= 11 is 0. The number of hydrogen-bond donors (Lipinski definition) is 1. The van der Waals surface area contributed by atoms with Crippen LogP contribution in [0.25, 0.3) is 0 Å². The maximum absolute atomic E-state index is 12.8. The van der Waals surface area contributed by atoms with Crippen LogP contribution in [0.2, 0.25) is 0 Å². The molecule has 2 heterocycles. The van der Waals surface area contributed by atoms with Gasteiger partial charge in [-0.25, -0.2) is 0 Å². The summed E-state index contributed by atoms with van der Waals surface area (Å²) in [6, 6.07) is 3.86. The van der Waals surface area contributed by atoms with E-state index in [0.717, 1.165) is 6.07 Å². The van der Waals surface area contributed by atoms with E-state index in [1.165, 1.54) is 24.7 Å². The van der Waals surface area contributed by atoms with Gasteiger partial charge in [-0.05, 0) is 18.2 Å². The fraction of sp³-hybridized carbons (Fsp3) is 0.231. The lowest BCUT2D eigenvalue weighted by Crippen LogP contribution is -2.13. The van der Waals surface area contributed by atoms with Crippen molar-refractivity contribution in [2.24, 2.45) is 5.73 Å². The third kappa shape index (κ3) is 3.24. The van der Waals surface area contributed by atoms with E-state index < -0.39 is 11.7 Å². The largest absolute Gasteiger partial charge is 0.485 e. The number of pyridine rings is 2. The Morgan fingerprint density at radius 1 is 1.20 bits per heavy atom. The lowest BCUT2D eigenvalue weighted by molar-refractivity contribution is -0.138. The highest BCUT2D eigenvalue weighted by atomic mass is 19.4. The minimum absolute atomic E-state index is 0.174. The number of rotatable bonds is 4. The third-order valence-electron chi connectivity index (χ3n) is 2.65. The Kier molecular flexibility index (Phi) is 4.19. The predicted molar refractivity (Wildman–Crippen MR) is 65.7 cm³/mol. The zero-order chi connectivity index (χ0) is 14.6. The molecule has 0 aromatic carbocycles. The quantitative estimate of drug-likeness (QED) is 0.936. The molecule has 0 bridgehead atoms. The van der Waals surface area contributed by atoms with Gasteiger partial charge in [-0.1, -0.05) is 0 Å². The summed E-state index contributed by atoms with van der Waals surface area (Å²) in [5.74, 6) is 0.355. The maximum atomic E-state index is 12.8. The second-order valence-electron chi connectivity index (χ2n) is 3.97. The van der Waals surface area contributed by atoms with E-state index in [4.69, 9.17) is 10.5 Å². The van der Waals surface area contributed by atoms with E-state index in [1.54, 1.807) is 6.07 Å². The Labute approximate surface area is 113 Å². The number of ether oxygens (including phenoxy) is 1. The Morgan fingerprint density at radius 2 is 2.00 bits per heavy atom. The van der Waals surface area contributed by atoms with Crippen LogP contribution in [0, 0.1) is 0 Å². The van der Waals surface area contributed by atoms with Gasteiger partial charge in [0.05, 0.1) is 17.5 Å². The Morgan fingerprint density at radius 3 is 2.70 bits per heavy atom. The van der Waals surface area contributed by atoms with Gasteiger partial charge in [0.2, 0.25) is 0 Å². The molecule has 2 aromatic rings. The minimum atomic E-state index is -4.46. The van der Waals surface area contributed by atoms with Gasteiger partial charge in [-0.15, -0.1) is 0 Å². The molecule has 4 nitrogen and oxygen atoms in total. The number of alkyl halides is 3. The molecule has 2 N–H and O–H groups in total. The molecule has 0 atom stereocenters. The average molecular weight is 283 g/mol. The number of hydrogen-bond acceptors (Lipinski definition) is 4. The molecule has 0 amide bonds. The molecule has 2 aromatic heterocycles. The number of nitrogens with two attached hydrogens (primary N) is 1. The summed E-state index contributed by atoms with van der Waals surface area (Å²) in [6.45, 7) is -0.0828. The van der Waals surface area contributed by atoms with Crippen molar-refractivity contribution in [3.63, 3.8) is 0 Å². The highest BCUT2D eigenvalue weighted by Crippen LogP contribution is 2.31. The van der Waals surface area contributed by atoms with Crippen molar-refractivity contribution in [3.8, 4) is 5.75 Å². The molecule has 2 rings (SSSR count). The van der Waals surface area contributed by atoms with Crippen LogP contribution in [0.5, 0.6) is 5.75 Å². The van der Waals surface area contributed by atoms with Crippen molar-refractivity contribution >= 4 is 0 Å². The number of halogens is 3. The van der Waals surface area contributed by atoms with Crippen LogP contribution in [0.15, 0.2) is 36.8 Å². The van der Waals surface area contributed by atoms with Gasteiger partial charge in [-0.3, -0.25) is 9.97 Å². The van der Waals surface area contributed by atoms with Crippen molar-refractivity contribution in [2.45, 2.75) is 19.3 Å². The molecule has 0 fully saturated rings. The van der Waals surface area contributed by atoms with E-state index in [9.17, 15) is 13.2 Å². The highest BCUT2D eigenvalue weighted by Gasteiger charge is 2.33. The van der Waals surface area contributed by atoms with Crippen LogP contribution in [0.3, 0.4) is 0 Å². The van der Waals surface area contributed by atoms with Crippen molar-refractivity contribution in [3.05, 3.63) is 53.6 Å². The van der Waals surface area contributed by atoms with E-state index in [-0.39, 0.29) is 18.8 Å². The molecule has 0 aliphatic carbocycles. The van der Waals surface area contributed by atoms with Crippen LogP contribution >= 0.6 is 0 Å². The van der Waals surface area contributed by atoms with E-state index in [1.807, 2.05) is 0 Å². The summed E-state index contributed by atoms with van der Waals surface area (Å²) in [4.78, 5) is 7.57. The molecule has 0 radical (unpaired) electrons. The predicted octanol–water partition coefficient (Wildman–Crippen LogP) is 2.53. The second kappa shape index (κ2) is 5.87. The third-order valence-corrected chi connectivity index (χ3v) is 2.65. The summed E-state index contributed by atoms with van der Waals surface area (Å²) in [5.41, 5.74) is 5.20. The Balaban J connectivity index is 2.20. The van der Waals surface area contributed by atoms with Gasteiger partial charge < -0.3 is 10.5 Å². The zero-order valence-corrected chi connectivity index (χ0v) is 10.4. The summed E-state index contributed by atoms with van der Waals surface area (Å²) in [5, 5.41) is 0. The Hall–Kier alpha value is -2.15. The van der Waals surface area contributed by atoms with Gasteiger partial charge in [0.15, 0.2) is 0 Å². The number of aromatic nitrogens is 2. The molecule has 20 heavy (non-hydrogen) atoms. The first-order valence-electron chi connectivity index (χ1n) is 5.79. The normalized spacial score (nSPS) is 11.4. The molecule has 0 unspecified atom stereocenters. The lowest BCUT2D eigenvalue weighted by Gasteiger charge is -2.13. The summed E-state index contributed by atoms with van der Waals surface area (Å²) < 4.78 is 43.7.